The van der Waals surface area contributed by atoms with Crippen LogP contribution in [0.25, 0.3) is 11.5 Å². The number of ether oxygens (including phenoxy) is 1. The van der Waals surface area contributed by atoms with Crippen molar-refractivity contribution < 1.29 is 22.4 Å². The van der Waals surface area contributed by atoms with Gasteiger partial charge >= 0.3 is 5.97 Å². The molecule has 9 nitrogen and oxygen atoms in total. The number of sulfone groups is 1. The van der Waals surface area contributed by atoms with Gasteiger partial charge in [0.15, 0.2) is 9.84 Å². The summed E-state index contributed by atoms with van der Waals surface area (Å²) >= 11 is 10.8. The van der Waals surface area contributed by atoms with Crippen molar-refractivity contribution in [1.82, 2.24) is 10.2 Å². The van der Waals surface area contributed by atoms with E-state index in [9.17, 15) is 13.2 Å². The molecule has 0 aliphatic rings. The topological polar surface area (TPSA) is 138 Å². The minimum absolute atomic E-state index is 0.0321. The Bertz CT molecular complexity index is 1390. The van der Waals surface area contributed by atoms with E-state index >= 15 is 0 Å². The molecule has 0 unspecified atom stereocenters. The SMILES string of the molecule is CSCOC(=O)C(N)=C(Br)C(=Nc1ccccc1Cl)c1nnc(-c2cccc(S(C)(=O)=O)c2)o1. The van der Waals surface area contributed by atoms with E-state index in [0.717, 1.165) is 6.26 Å². The maximum Gasteiger partial charge on any atom is 0.356 e. The largest absolute Gasteiger partial charge is 0.450 e. The van der Waals surface area contributed by atoms with Crippen LogP contribution in [0.5, 0.6) is 0 Å². The van der Waals surface area contributed by atoms with E-state index < -0.39 is 15.8 Å². The number of aliphatic imine (C=N–C) groups is 1. The summed E-state index contributed by atoms with van der Waals surface area (Å²) in [4.78, 5) is 16.9. The molecular formula is C21H18BrClN4O5S2. The number of hydrogen-bond donors (Lipinski definition) is 1. The molecule has 0 saturated carbocycles. The van der Waals surface area contributed by atoms with Gasteiger partial charge in [0, 0.05) is 11.8 Å². The minimum Gasteiger partial charge on any atom is -0.450 e. The molecule has 0 radical (unpaired) electrons. The van der Waals surface area contributed by atoms with Gasteiger partial charge in [-0.2, -0.15) is 0 Å². The molecule has 3 aromatic rings. The van der Waals surface area contributed by atoms with Crippen LogP contribution < -0.4 is 5.73 Å². The molecule has 0 amide bonds. The van der Waals surface area contributed by atoms with E-state index in [1.807, 2.05) is 0 Å². The molecule has 0 aliphatic heterocycles. The fraction of sp³-hybridized carbons (Fsp3) is 0.143. The average molecular weight is 586 g/mol. The zero-order chi connectivity index (χ0) is 24.9. The second-order valence-corrected chi connectivity index (χ2v) is 10.7. The highest BCUT2D eigenvalue weighted by atomic mass is 79.9. The Labute approximate surface area is 213 Å². The Hall–Kier alpha value is -2.67. The van der Waals surface area contributed by atoms with Crippen LogP contribution in [0.15, 0.2) is 73.0 Å². The summed E-state index contributed by atoms with van der Waals surface area (Å²) < 4.78 is 34.7. The molecule has 0 aliphatic carbocycles. The van der Waals surface area contributed by atoms with Gasteiger partial charge in [0.05, 0.1) is 20.1 Å². The highest BCUT2D eigenvalue weighted by molar-refractivity contribution is 9.12. The summed E-state index contributed by atoms with van der Waals surface area (Å²) in [5, 5.41) is 8.36. The number of halogens is 2. The Morgan fingerprint density at radius 1 is 1.24 bits per heavy atom. The van der Waals surface area contributed by atoms with Gasteiger partial charge in [0.1, 0.15) is 17.3 Å². The van der Waals surface area contributed by atoms with Gasteiger partial charge in [-0.15, -0.1) is 22.0 Å². The zero-order valence-corrected chi connectivity index (χ0v) is 21.8. The molecule has 3 rings (SSSR count). The number of rotatable bonds is 8. The lowest BCUT2D eigenvalue weighted by Crippen LogP contribution is -2.19. The molecule has 13 heteroatoms. The third kappa shape index (κ3) is 6.26. The number of benzene rings is 2. The molecule has 34 heavy (non-hydrogen) atoms. The second kappa shape index (κ2) is 11.2. The second-order valence-electron chi connectivity index (χ2n) is 6.69. The van der Waals surface area contributed by atoms with Crippen molar-refractivity contribution in [1.29, 1.82) is 0 Å². The van der Waals surface area contributed by atoms with Gasteiger partial charge in [-0.1, -0.05) is 29.8 Å². The summed E-state index contributed by atoms with van der Waals surface area (Å²) in [7, 11) is -3.44. The predicted molar refractivity (Wildman–Crippen MR) is 135 cm³/mol. The number of thioether (sulfide) groups is 1. The molecule has 2 aromatic carbocycles. The Kier molecular flexibility index (Phi) is 8.52. The first-order valence-corrected chi connectivity index (χ1v) is 13.9. The fourth-order valence-electron chi connectivity index (χ4n) is 2.56. The van der Waals surface area contributed by atoms with Crippen molar-refractivity contribution in [3.63, 3.8) is 0 Å². The van der Waals surface area contributed by atoms with E-state index in [2.05, 4.69) is 31.1 Å². The van der Waals surface area contributed by atoms with Gasteiger partial charge in [0.25, 0.3) is 5.89 Å². The first-order chi connectivity index (χ1) is 16.1. The molecule has 178 valence electrons. The monoisotopic (exact) mass is 584 g/mol. The van der Waals surface area contributed by atoms with Crippen LogP contribution in [0.1, 0.15) is 5.89 Å². The summed E-state index contributed by atoms with van der Waals surface area (Å²) in [5.41, 5.74) is 6.50. The van der Waals surface area contributed by atoms with Crippen molar-refractivity contribution in [3.8, 4) is 11.5 Å². The van der Waals surface area contributed by atoms with Crippen LogP contribution in [-0.2, 0) is 19.4 Å². The average Bonchev–Trinajstić information content (AvgIpc) is 3.30. The molecule has 0 atom stereocenters. The number of nitrogens with two attached hydrogens (primary N) is 1. The first-order valence-electron chi connectivity index (χ1n) is 9.41. The van der Waals surface area contributed by atoms with E-state index in [1.54, 1.807) is 42.7 Å². The number of para-hydroxylation sites is 1. The van der Waals surface area contributed by atoms with E-state index in [0.29, 0.717) is 16.3 Å². The Morgan fingerprint density at radius 2 is 1.97 bits per heavy atom. The molecule has 0 bridgehead atoms. The minimum atomic E-state index is -3.44. The number of allylic oxidation sites excluding steroid dienone is 1. The van der Waals surface area contributed by atoms with E-state index in [1.165, 1.54) is 23.9 Å². The van der Waals surface area contributed by atoms with Gasteiger partial charge < -0.3 is 14.9 Å². The molecule has 1 aromatic heterocycles. The first kappa shape index (κ1) is 25.9. The highest BCUT2D eigenvalue weighted by Crippen LogP contribution is 2.29. The molecule has 2 N–H and O–H groups in total. The molecule has 1 heterocycles. The van der Waals surface area contributed by atoms with Crippen molar-refractivity contribution in [3.05, 3.63) is 69.6 Å². The zero-order valence-electron chi connectivity index (χ0n) is 17.9. The van der Waals surface area contributed by atoms with Crippen molar-refractivity contribution in [2.45, 2.75) is 4.90 Å². The van der Waals surface area contributed by atoms with E-state index in [-0.39, 0.29) is 38.5 Å². The summed E-state index contributed by atoms with van der Waals surface area (Å²) in [6, 6.07) is 12.8. The number of aromatic nitrogens is 2. The summed E-state index contributed by atoms with van der Waals surface area (Å²) in [6.45, 7) is 0. The highest BCUT2D eigenvalue weighted by Gasteiger charge is 2.23. The number of nitrogens with zero attached hydrogens (tertiary/aromatic N) is 3. The molecular weight excluding hydrogens is 568 g/mol. The standard InChI is InChI=1S/C21H18BrClN4O5S2/c1-33-11-31-21(28)17(24)16(22)18(25-15-9-4-3-8-14(15)23)20-27-26-19(32-20)12-6-5-7-13(10-12)34(2,29)30/h3-10H,11,24H2,1-2H3. The maximum atomic E-state index is 12.3. The van der Waals surface area contributed by atoms with Crippen LogP contribution >= 0.6 is 39.3 Å². The van der Waals surface area contributed by atoms with Gasteiger partial charge in [0.2, 0.25) is 5.89 Å². The van der Waals surface area contributed by atoms with Gasteiger partial charge in [-0.3, -0.25) is 0 Å². The Balaban J connectivity index is 2.11. The number of carbonyl (C=O) groups is 1. The van der Waals surface area contributed by atoms with Crippen molar-refractivity contribution in [2.75, 3.05) is 18.5 Å². The molecule has 0 saturated heterocycles. The van der Waals surface area contributed by atoms with Crippen LogP contribution in [0.2, 0.25) is 5.02 Å². The van der Waals surface area contributed by atoms with E-state index in [4.69, 9.17) is 26.5 Å². The summed E-state index contributed by atoms with van der Waals surface area (Å²) in [6.07, 6.45) is 2.87. The van der Waals surface area contributed by atoms with Crippen molar-refractivity contribution in [2.24, 2.45) is 10.7 Å². The van der Waals surface area contributed by atoms with Crippen LogP contribution in [0.3, 0.4) is 0 Å². The lowest BCUT2D eigenvalue weighted by atomic mass is 10.2. The molecule has 0 spiro atoms. The normalized spacial score (nSPS) is 12.9. The van der Waals surface area contributed by atoms with Gasteiger partial charge in [-0.25, -0.2) is 18.2 Å². The number of hydrogen-bond acceptors (Lipinski definition) is 10. The van der Waals surface area contributed by atoms with Crippen LogP contribution in [0, 0.1) is 0 Å². The van der Waals surface area contributed by atoms with Crippen LogP contribution in [-0.4, -0.2) is 48.7 Å². The molecule has 0 fully saturated rings. The predicted octanol–water partition coefficient (Wildman–Crippen LogP) is 4.34. The smallest absolute Gasteiger partial charge is 0.356 e. The summed E-state index contributed by atoms with van der Waals surface area (Å²) in [5.74, 6) is -0.713. The third-order valence-electron chi connectivity index (χ3n) is 4.19. The lowest BCUT2D eigenvalue weighted by molar-refractivity contribution is -0.136. The number of carbonyl (C=O) groups excluding carboxylic acids is 1. The van der Waals surface area contributed by atoms with Crippen LogP contribution in [0.4, 0.5) is 5.69 Å². The fourth-order valence-corrected chi connectivity index (χ4v) is 4.05. The quantitative estimate of drug-likeness (QED) is 0.177. The Morgan fingerprint density at radius 3 is 2.65 bits per heavy atom. The lowest BCUT2D eigenvalue weighted by Gasteiger charge is -2.08. The number of esters is 1. The third-order valence-corrected chi connectivity index (χ3v) is 6.78. The van der Waals surface area contributed by atoms with Gasteiger partial charge in [-0.05, 0) is 52.5 Å². The van der Waals surface area contributed by atoms with Crippen molar-refractivity contribution >= 4 is 66.5 Å². The maximum absolute atomic E-state index is 12.3.